The molecule has 2 aromatic heterocycles. The number of carbonyl (C=O) groups excluding carboxylic acids is 2. The highest BCUT2D eigenvalue weighted by molar-refractivity contribution is 7.17. The number of thiazole rings is 1. The highest BCUT2D eigenvalue weighted by Gasteiger charge is 2.20. The van der Waals surface area contributed by atoms with Gasteiger partial charge in [-0.2, -0.15) is 4.98 Å². The smallest absolute Gasteiger partial charge is 0.347 e. The zero-order chi connectivity index (χ0) is 21.8. The molecule has 0 aliphatic carbocycles. The van der Waals surface area contributed by atoms with E-state index in [4.69, 9.17) is 15.4 Å². The van der Waals surface area contributed by atoms with E-state index in [2.05, 4.69) is 25.8 Å². The number of aryl methyl sites for hydroxylation is 2. The van der Waals surface area contributed by atoms with Crippen molar-refractivity contribution in [3.05, 3.63) is 46.3 Å². The topological polar surface area (TPSA) is 173 Å². The van der Waals surface area contributed by atoms with Crippen molar-refractivity contribution < 1.29 is 24.0 Å². The van der Waals surface area contributed by atoms with Crippen molar-refractivity contribution >= 4 is 34.3 Å². The molecule has 0 radical (unpaired) electrons. The summed E-state index contributed by atoms with van der Waals surface area (Å²) in [6, 6.07) is 5.55. The molecule has 12 heteroatoms. The molecule has 3 aromatic rings. The highest BCUT2D eigenvalue weighted by Crippen LogP contribution is 2.22. The average molecular weight is 430 g/mol. The number of carboxylic acid groups (broad SMARTS) is 1. The summed E-state index contributed by atoms with van der Waals surface area (Å²) in [5.74, 6) is -1.39. The van der Waals surface area contributed by atoms with Gasteiger partial charge in [0, 0.05) is 24.6 Å². The molecule has 0 saturated carbocycles. The van der Waals surface area contributed by atoms with E-state index in [0.29, 0.717) is 28.5 Å². The first kappa shape index (κ1) is 21.1. The number of anilines is 1. The summed E-state index contributed by atoms with van der Waals surface area (Å²) in [6.45, 7) is 3.06. The minimum absolute atomic E-state index is 0.0313. The lowest BCUT2D eigenvalue weighted by Gasteiger charge is -2.12. The van der Waals surface area contributed by atoms with Gasteiger partial charge < -0.3 is 26.0 Å². The van der Waals surface area contributed by atoms with Crippen LogP contribution in [0.15, 0.2) is 28.8 Å². The summed E-state index contributed by atoms with van der Waals surface area (Å²) in [7, 11) is 0. The Morgan fingerprint density at radius 1 is 1.27 bits per heavy atom. The Kier molecular flexibility index (Phi) is 6.18. The van der Waals surface area contributed by atoms with Crippen molar-refractivity contribution in [3.63, 3.8) is 0 Å². The molecule has 1 aromatic carbocycles. The van der Waals surface area contributed by atoms with Crippen LogP contribution in [0.5, 0.6) is 0 Å². The van der Waals surface area contributed by atoms with E-state index >= 15 is 0 Å². The summed E-state index contributed by atoms with van der Waals surface area (Å²) in [6.07, 6.45) is 0. The Labute approximate surface area is 174 Å². The number of carboxylic acids is 1. The summed E-state index contributed by atoms with van der Waals surface area (Å²) in [4.78, 5) is 43.8. The molecule has 156 valence electrons. The van der Waals surface area contributed by atoms with Crippen molar-refractivity contribution in [2.24, 2.45) is 5.73 Å². The molecule has 0 fully saturated rings. The fourth-order valence-electron chi connectivity index (χ4n) is 2.46. The average Bonchev–Trinajstić information content (AvgIpc) is 3.31. The fourth-order valence-corrected chi connectivity index (χ4v) is 3.27. The second-order valence-corrected chi connectivity index (χ2v) is 7.26. The van der Waals surface area contributed by atoms with Crippen molar-refractivity contribution in [2.75, 3.05) is 11.9 Å². The maximum absolute atomic E-state index is 12.4. The molecule has 0 bridgehead atoms. The molecular formula is C18H18N6O5S. The molecule has 1 atom stereocenters. The number of nitrogens with two attached hydrogens (primary N) is 1. The van der Waals surface area contributed by atoms with Crippen LogP contribution < -0.4 is 16.4 Å². The highest BCUT2D eigenvalue weighted by atomic mass is 32.1. The van der Waals surface area contributed by atoms with Crippen LogP contribution in [0.3, 0.4) is 0 Å². The van der Waals surface area contributed by atoms with E-state index in [-0.39, 0.29) is 16.6 Å². The molecule has 0 spiro atoms. The van der Waals surface area contributed by atoms with Crippen molar-refractivity contribution in [1.82, 2.24) is 20.4 Å². The van der Waals surface area contributed by atoms with Gasteiger partial charge >= 0.3 is 5.97 Å². The molecule has 3 rings (SSSR count). The van der Waals surface area contributed by atoms with E-state index in [0.717, 1.165) is 11.3 Å². The lowest BCUT2D eigenvalue weighted by Crippen LogP contribution is -2.45. The van der Waals surface area contributed by atoms with Crippen LogP contribution in [-0.4, -0.2) is 50.6 Å². The molecular weight excluding hydrogens is 412 g/mol. The summed E-state index contributed by atoms with van der Waals surface area (Å²) >= 11 is 0.831. The van der Waals surface area contributed by atoms with Crippen LogP contribution in [0, 0.1) is 13.8 Å². The van der Waals surface area contributed by atoms with Gasteiger partial charge in [0.15, 0.2) is 5.13 Å². The van der Waals surface area contributed by atoms with Gasteiger partial charge in [-0.3, -0.25) is 9.59 Å². The number of amides is 2. The van der Waals surface area contributed by atoms with E-state index in [1.165, 1.54) is 6.92 Å². The van der Waals surface area contributed by atoms with Crippen LogP contribution in [0.4, 0.5) is 5.13 Å². The molecule has 2 amide bonds. The normalized spacial score (nSPS) is 11.7. The second-order valence-electron chi connectivity index (χ2n) is 6.26. The Balaban J connectivity index is 1.58. The first-order chi connectivity index (χ1) is 14.2. The van der Waals surface area contributed by atoms with Gasteiger partial charge in [-0.05, 0) is 19.1 Å². The van der Waals surface area contributed by atoms with Crippen LogP contribution in [-0.2, 0) is 4.79 Å². The van der Waals surface area contributed by atoms with Gasteiger partial charge in [0.05, 0.1) is 5.69 Å². The van der Waals surface area contributed by atoms with E-state index < -0.39 is 23.8 Å². The van der Waals surface area contributed by atoms with Gasteiger partial charge in [-0.15, -0.1) is 0 Å². The molecule has 1 unspecified atom stereocenters. The Bertz CT molecular complexity index is 1110. The lowest BCUT2D eigenvalue weighted by atomic mass is 10.1. The van der Waals surface area contributed by atoms with Crippen LogP contribution in [0.1, 0.15) is 31.6 Å². The third-order valence-electron chi connectivity index (χ3n) is 3.95. The number of benzene rings is 1. The summed E-state index contributed by atoms with van der Waals surface area (Å²) in [5.41, 5.74) is 7.06. The third-order valence-corrected chi connectivity index (χ3v) is 5.01. The number of nitrogens with one attached hydrogen (secondary N) is 2. The standard InChI is InChI=1S/C18H18N6O5S/c1-8-13(17(27)28)30-18(21-8)23-16(26)12(19)7-20-15(25)11-5-3-4-10(6-11)14-22-9(2)29-24-14/h3-6,12H,7,19H2,1-2H3,(H,20,25)(H,27,28)(H,21,23,26). The zero-order valence-corrected chi connectivity index (χ0v) is 16.8. The van der Waals surface area contributed by atoms with Gasteiger partial charge in [0.2, 0.25) is 17.6 Å². The third kappa shape index (κ3) is 4.85. The van der Waals surface area contributed by atoms with Crippen LogP contribution in [0.25, 0.3) is 11.4 Å². The number of carbonyl (C=O) groups is 3. The predicted octanol–water partition coefficient (Wildman–Crippen LogP) is 1.20. The number of aromatic nitrogens is 3. The Morgan fingerprint density at radius 2 is 2.03 bits per heavy atom. The largest absolute Gasteiger partial charge is 0.477 e. The predicted molar refractivity (Wildman–Crippen MR) is 107 cm³/mol. The van der Waals surface area contributed by atoms with Crippen molar-refractivity contribution in [2.45, 2.75) is 19.9 Å². The Hall–Kier alpha value is -3.64. The number of aromatic carboxylic acids is 1. The quantitative estimate of drug-likeness (QED) is 0.429. The SMILES string of the molecule is Cc1nc(-c2cccc(C(=O)NCC(N)C(=O)Nc3nc(C)c(C(=O)O)s3)c2)no1. The monoisotopic (exact) mass is 430 g/mol. The fraction of sp³-hybridized carbons (Fsp3) is 0.222. The van der Waals surface area contributed by atoms with Gasteiger partial charge in [0.25, 0.3) is 5.91 Å². The number of hydrogen-bond acceptors (Lipinski definition) is 9. The summed E-state index contributed by atoms with van der Waals surface area (Å²) < 4.78 is 4.94. The van der Waals surface area contributed by atoms with Crippen LogP contribution in [0.2, 0.25) is 0 Å². The Morgan fingerprint density at radius 3 is 2.67 bits per heavy atom. The molecule has 0 aliphatic rings. The lowest BCUT2D eigenvalue weighted by molar-refractivity contribution is -0.117. The van der Waals surface area contributed by atoms with Gasteiger partial charge in [-0.25, -0.2) is 9.78 Å². The molecule has 30 heavy (non-hydrogen) atoms. The van der Waals surface area contributed by atoms with E-state index in [1.54, 1.807) is 31.2 Å². The van der Waals surface area contributed by atoms with Crippen molar-refractivity contribution in [3.8, 4) is 11.4 Å². The maximum Gasteiger partial charge on any atom is 0.347 e. The van der Waals surface area contributed by atoms with Gasteiger partial charge in [-0.1, -0.05) is 28.6 Å². The van der Waals surface area contributed by atoms with Crippen molar-refractivity contribution in [1.29, 1.82) is 0 Å². The molecule has 0 saturated heterocycles. The molecule has 11 nitrogen and oxygen atoms in total. The second kappa shape index (κ2) is 8.80. The first-order valence-electron chi connectivity index (χ1n) is 8.70. The van der Waals surface area contributed by atoms with Crippen LogP contribution >= 0.6 is 11.3 Å². The zero-order valence-electron chi connectivity index (χ0n) is 16.0. The molecule has 2 heterocycles. The number of rotatable bonds is 7. The van der Waals surface area contributed by atoms with E-state index in [1.807, 2.05) is 0 Å². The molecule has 0 aliphatic heterocycles. The summed E-state index contributed by atoms with van der Waals surface area (Å²) in [5, 5.41) is 18.0. The molecule has 5 N–H and O–H groups in total. The first-order valence-corrected chi connectivity index (χ1v) is 9.52. The minimum Gasteiger partial charge on any atom is -0.477 e. The number of nitrogens with zero attached hydrogens (tertiary/aromatic N) is 3. The minimum atomic E-state index is -1.12. The van der Waals surface area contributed by atoms with E-state index in [9.17, 15) is 14.4 Å². The van der Waals surface area contributed by atoms with Gasteiger partial charge in [0.1, 0.15) is 10.9 Å². The number of hydrogen-bond donors (Lipinski definition) is 4. The maximum atomic E-state index is 12.4.